The van der Waals surface area contributed by atoms with Gasteiger partial charge in [0.25, 0.3) is 0 Å². The van der Waals surface area contributed by atoms with Crippen LogP contribution in [-0.2, 0) is 32.2 Å². The van der Waals surface area contributed by atoms with Crippen molar-refractivity contribution < 1.29 is 60.0 Å². The molecule has 0 unspecified atom stereocenters. The zero-order valence-corrected chi connectivity index (χ0v) is 21.8. The second kappa shape index (κ2) is 15.1. The van der Waals surface area contributed by atoms with Gasteiger partial charge >= 0.3 is 24.3 Å². The minimum absolute atomic E-state index is 0.120. The Labute approximate surface area is 230 Å². The molecule has 3 atom stereocenters. The number of likely N-dealkylation sites (tertiary alicyclic amines) is 1. The molecule has 0 amide bonds. The van der Waals surface area contributed by atoms with Gasteiger partial charge < -0.3 is 19.7 Å². The van der Waals surface area contributed by atoms with Gasteiger partial charge in [-0.25, -0.2) is 14.0 Å². The van der Waals surface area contributed by atoms with Crippen molar-refractivity contribution >= 4 is 11.9 Å². The molecule has 0 bridgehead atoms. The highest BCUT2D eigenvalue weighted by Gasteiger charge is 2.43. The van der Waals surface area contributed by atoms with E-state index in [2.05, 4.69) is 9.88 Å². The maximum absolute atomic E-state index is 13.9. The highest BCUT2D eigenvalue weighted by molar-refractivity contribution is 5.73. The molecule has 1 aromatic carbocycles. The fourth-order valence-corrected chi connectivity index (χ4v) is 4.27. The van der Waals surface area contributed by atoms with Gasteiger partial charge in [-0.1, -0.05) is 24.3 Å². The number of aliphatic carboxylic acids is 2. The van der Waals surface area contributed by atoms with Crippen LogP contribution in [0.1, 0.15) is 23.4 Å². The summed E-state index contributed by atoms with van der Waals surface area (Å²) < 4.78 is 89.2. The number of ether oxygens (including phenoxy) is 2. The third kappa shape index (κ3) is 11.6. The minimum atomic E-state index is -5.08. The summed E-state index contributed by atoms with van der Waals surface area (Å²) in [4.78, 5) is 24.6. The number of aromatic nitrogens is 1. The highest BCUT2D eigenvalue weighted by atomic mass is 19.4. The smallest absolute Gasteiger partial charge is 0.475 e. The number of hydrogen-bond donors (Lipinski definition) is 2. The first kappa shape index (κ1) is 33.9. The summed E-state index contributed by atoms with van der Waals surface area (Å²) in [5.41, 5.74) is 2.76. The maximum Gasteiger partial charge on any atom is 0.490 e. The summed E-state index contributed by atoms with van der Waals surface area (Å²) in [6, 6.07) is 13.0. The Morgan fingerprint density at radius 3 is 2.17 bits per heavy atom. The number of aryl methyl sites for hydroxylation is 1. The van der Waals surface area contributed by atoms with Gasteiger partial charge in [0.15, 0.2) is 0 Å². The number of halogens is 7. The molecular formula is C26H29F7N2O6. The van der Waals surface area contributed by atoms with Crippen LogP contribution in [0.3, 0.4) is 0 Å². The van der Waals surface area contributed by atoms with Gasteiger partial charge in [0, 0.05) is 43.4 Å². The highest BCUT2D eigenvalue weighted by Crippen LogP contribution is 2.36. The van der Waals surface area contributed by atoms with E-state index in [9.17, 15) is 30.7 Å². The summed E-state index contributed by atoms with van der Waals surface area (Å²) >= 11 is 0. The fourth-order valence-electron chi connectivity index (χ4n) is 4.27. The number of alkyl halides is 6. The second-order valence-corrected chi connectivity index (χ2v) is 9.30. The number of nitrogens with zero attached hydrogens (tertiary/aromatic N) is 2. The van der Waals surface area contributed by atoms with Crippen molar-refractivity contribution in [2.75, 3.05) is 26.3 Å². The van der Waals surface area contributed by atoms with Crippen LogP contribution in [0, 0.1) is 24.6 Å². The second-order valence-electron chi connectivity index (χ2n) is 9.30. The van der Waals surface area contributed by atoms with Crippen molar-refractivity contribution in [3.8, 4) is 0 Å². The maximum atomic E-state index is 13.9. The van der Waals surface area contributed by atoms with E-state index in [4.69, 9.17) is 29.3 Å². The molecule has 2 N–H and O–H groups in total. The van der Waals surface area contributed by atoms with Crippen molar-refractivity contribution in [3.05, 3.63) is 65.2 Å². The number of carbonyl (C=O) groups is 2. The van der Waals surface area contributed by atoms with Crippen LogP contribution in [0.2, 0.25) is 0 Å². The molecule has 2 saturated heterocycles. The summed E-state index contributed by atoms with van der Waals surface area (Å²) in [6.07, 6.45) is -8.89. The van der Waals surface area contributed by atoms with Crippen molar-refractivity contribution in [2.24, 2.45) is 11.8 Å². The Balaban J connectivity index is 0.000000349. The summed E-state index contributed by atoms with van der Waals surface area (Å²) in [5.74, 6) is -4.59. The molecule has 3 heterocycles. The first-order chi connectivity index (χ1) is 19.1. The molecule has 8 nitrogen and oxygen atoms in total. The molecule has 0 aliphatic carbocycles. The first-order valence-electron chi connectivity index (χ1n) is 12.3. The molecule has 0 spiro atoms. The molecular weight excluding hydrogens is 569 g/mol. The van der Waals surface area contributed by atoms with Gasteiger partial charge in [-0.05, 0) is 37.5 Å². The fraction of sp³-hybridized carbons (Fsp3) is 0.500. The number of fused-ring (bicyclic) bond motifs is 1. The van der Waals surface area contributed by atoms with Gasteiger partial charge in [-0.3, -0.25) is 9.88 Å². The van der Waals surface area contributed by atoms with E-state index in [-0.39, 0.29) is 11.9 Å². The van der Waals surface area contributed by atoms with Crippen molar-refractivity contribution in [2.45, 2.75) is 45.0 Å². The lowest BCUT2D eigenvalue weighted by Crippen LogP contribution is -2.25. The third-order valence-corrected chi connectivity index (χ3v) is 6.18. The third-order valence-electron chi connectivity index (χ3n) is 6.18. The molecule has 1 aromatic heterocycles. The number of rotatable bonds is 7. The van der Waals surface area contributed by atoms with Gasteiger partial charge in [0.1, 0.15) is 5.82 Å². The predicted octanol–water partition coefficient (Wildman–Crippen LogP) is 4.85. The van der Waals surface area contributed by atoms with Crippen LogP contribution in [0.25, 0.3) is 0 Å². The van der Waals surface area contributed by atoms with E-state index in [0.29, 0.717) is 25.0 Å². The quantitative estimate of drug-likeness (QED) is 0.344. The number of hydrogen-bond acceptors (Lipinski definition) is 6. The first-order valence-corrected chi connectivity index (χ1v) is 12.3. The molecule has 2 aliphatic heterocycles. The predicted molar refractivity (Wildman–Crippen MR) is 129 cm³/mol. The monoisotopic (exact) mass is 598 g/mol. The Bertz CT molecular complexity index is 1120. The van der Waals surface area contributed by atoms with Crippen LogP contribution in [-0.4, -0.2) is 76.8 Å². The molecule has 0 radical (unpaired) electrons. The number of benzene rings is 1. The lowest BCUT2D eigenvalue weighted by atomic mass is 9.91. The molecule has 41 heavy (non-hydrogen) atoms. The minimum Gasteiger partial charge on any atom is -0.475 e. The Kier molecular flexibility index (Phi) is 12.5. The number of carboxylic acid groups (broad SMARTS) is 2. The van der Waals surface area contributed by atoms with E-state index in [0.717, 1.165) is 49.7 Å². The van der Waals surface area contributed by atoms with E-state index >= 15 is 0 Å². The standard InChI is InChI=1S/C22H27FN2O2.2C2HF3O2/c1-16-5-4-7-19(24-16)15-26-10-9-18-14-27-22-13-25(12-20(18)22)11-17-6-2-3-8-21(17)23;2*3-2(4,5)1(6)7/h2-8,18,20,22H,9-15H2,1H3;2*(H,6,7)/t18-,20-,22-;;/m0../s1. The number of carboxylic acids is 2. The van der Waals surface area contributed by atoms with Gasteiger partial charge in [0.05, 0.1) is 25.0 Å². The summed E-state index contributed by atoms with van der Waals surface area (Å²) in [6.45, 7) is 6.61. The Morgan fingerprint density at radius 2 is 1.61 bits per heavy atom. The van der Waals surface area contributed by atoms with E-state index in [1.807, 2.05) is 37.3 Å². The van der Waals surface area contributed by atoms with Crippen LogP contribution in [0.5, 0.6) is 0 Å². The van der Waals surface area contributed by atoms with Crippen LogP contribution in [0.4, 0.5) is 30.7 Å². The van der Waals surface area contributed by atoms with Gasteiger partial charge in [-0.15, -0.1) is 0 Å². The number of pyridine rings is 1. The molecule has 2 fully saturated rings. The zero-order chi connectivity index (χ0) is 30.8. The van der Waals surface area contributed by atoms with Crippen molar-refractivity contribution in [3.63, 3.8) is 0 Å². The molecule has 2 aromatic rings. The normalized spacial score (nSPS) is 20.3. The zero-order valence-electron chi connectivity index (χ0n) is 21.8. The lowest BCUT2D eigenvalue weighted by molar-refractivity contribution is -0.193. The van der Waals surface area contributed by atoms with Crippen molar-refractivity contribution in [1.29, 1.82) is 0 Å². The van der Waals surface area contributed by atoms with Crippen LogP contribution in [0.15, 0.2) is 42.5 Å². The average Bonchev–Trinajstić information content (AvgIpc) is 3.43. The van der Waals surface area contributed by atoms with Crippen molar-refractivity contribution in [1.82, 2.24) is 9.88 Å². The van der Waals surface area contributed by atoms with Crippen LogP contribution < -0.4 is 0 Å². The van der Waals surface area contributed by atoms with E-state index in [1.54, 1.807) is 6.07 Å². The summed E-state index contributed by atoms with van der Waals surface area (Å²) in [5, 5.41) is 14.2. The Hall–Kier alpha value is -3.30. The van der Waals surface area contributed by atoms with Crippen LogP contribution >= 0.6 is 0 Å². The average molecular weight is 599 g/mol. The molecule has 15 heteroatoms. The molecule has 228 valence electrons. The van der Waals surface area contributed by atoms with Gasteiger partial charge in [-0.2, -0.15) is 26.3 Å². The van der Waals surface area contributed by atoms with Gasteiger partial charge in [0.2, 0.25) is 0 Å². The molecule has 0 saturated carbocycles. The van der Waals surface area contributed by atoms with E-state index < -0.39 is 24.3 Å². The summed E-state index contributed by atoms with van der Waals surface area (Å²) in [7, 11) is 0. The van der Waals surface area contributed by atoms with E-state index in [1.165, 1.54) is 6.07 Å². The molecule has 4 rings (SSSR count). The largest absolute Gasteiger partial charge is 0.490 e. The Morgan fingerprint density at radius 1 is 1.00 bits per heavy atom. The SMILES string of the molecule is Cc1cccc(COCC[C@H]2CO[C@H]3CN(Cc4ccccc4F)C[C@@H]23)n1.O=C(O)C(F)(F)F.O=C(O)C(F)(F)F. The molecule has 2 aliphatic rings. The topological polar surface area (TPSA) is 109 Å². The lowest BCUT2D eigenvalue weighted by Gasteiger charge is -2.20.